The largest absolute Gasteiger partial charge is 0.496 e. The number of carbonyl (C=O) groups excluding carboxylic acids is 1. The van der Waals surface area contributed by atoms with E-state index in [-0.39, 0.29) is 5.56 Å². The fourth-order valence-electron chi connectivity index (χ4n) is 2.99. The minimum Gasteiger partial charge on any atom is -0.496 e. The number of aromatic amines is 1. The van der Waals surface area contributed by atoms with Crippen molar-refractivity contribution in [1.82, 2.24) is 10.3 Å². The van der Waals surface area contributed by atoms with Crippen LogP contribution in [0.5, 0.6) is 5.75 Å². The summed E-state index contributed by atoms with van der Waals surface area (Å²) in [6.07, 6.45) is 2.51. The summed E-state index contributed by atoms with van der Waals surface area (Å²) in [7, 11) is 1.65. The molecule has 2 aromatic carbocycles. The fourth-order valence-corrected chi connectivity index (χ4v) is 2.99. The molecule has 0 atom stereocenters. The lowest BCUT2D eigenvalue weighted by Crippen LogP contribution is -2.30. The van der Waals surface area contributed by atoms with Gasteiger partial charge in [0, 0.05) is 6.54 Å². The molecule has 27 heavy (non-hydrogen) atoms. The SMILES string of the molecule is COc1ccccc1CCCCNC(=O)c1cc2ccc(F)cc2[nH]c1=O. The lowest BCUT2D eigenvalue weighted by atomic mass is 10.1. The summed E-state index contributed by atoms with van der Waals surface area (Å²) in [5.74, 6) is -0.00849. The molecule has 0 unspecified atom stereocenters. The van der Waals surface area contributed by atoms with E-state index in [1.165, 1.54) is 24.3 Å². The number of aryl methyl sites for hydroxylation is 1. The first-order valence-electron chi connectivity index (χ1n) is 8.81. The van der Waals surface area contributed by atoms with Gasteiger partial charge in [-0.1, -0.05) is 18.2 Å². The Morgan fingerprint density at radius 1 is 1.15 bits per heavy atom. The van der Waals surface area contributed by atoms with Crippen molar-refractivity contribution in [3.05, 3.63) is 75.8 Å². The predicted molar refractivity (Wildman–Crippen MR) is 103 cm³/mol. The van der Waals surface area contributed by atoms with Crippen molar-refractivity contribution >= 4 is 16.8 Å². The van der Waals surface area contributed by atoms with Crippen LogP contribution in [0.3, 0.4) is 0 Å². The average molecular weight is 368 g/mol. The third-order valence-electron chi connectivity index (χ3n) is 4.40. The van der Waals surface area contributed by atoms with Gasteiger partial charge in [0.15, 0.2) is 0 Å². The Kier molecular flexibility index (Phi) is 5.86. The first-order valence-corrected chi connectivity index (χ1v) is 8.81. The molecule has 0 saturated carbocycles. The van der Waals surface area contributed by atoms with E-state index >= 15 is 0 Å². The molecule has 140 valence electrons. The van der Waals surface area contributed by atoms with Crippen LogP contribution in [0.4, 0.5) is 4.39 Å². The second-order valence-electron chi connectivity index (χ2n) is 6.27. The molecule has 5 nitrogen and oxygen atoms in total. The van der Waals surface area contributed by atoms with Crippen LogP contribution >= 0.6 is 0 Å². The Balaban J connectivity index is 1.55. The van der Waals surface area contributed by atoms with Gasteiger partial charge in [-0.15, -0.1) is 0 Å². The summed E-state index contributed by atoms with van der Waals surface area (Å²) in [6.45, 7) is 0.467. The van der Waals surface area contributed by atoms with Crippen LogP contribution in [-0.2, 0) is 6.42 Å². The third-order valence-corrected chi connectivity index (χ3v) is 4.40. The molecule has 0 saturated heterocycles. The van der Waals surface area contributed by atoms with Crippen LogP contribution in [0, 0.1) is 5.82 Å². The highest BCUT2D eigenvalue weighted by Crippen LogP contribution is 2.19. The molecule has 3 aromatic rings. The fraction of sp³-hybridized carbons (Fsp3) is 0.238. The molecule has 3 rings (SSSR count). The van der Waals surface area contributed by atoms with E-state index in [4.69, 9.17) is 4.74 Å². The molecule has 1 amide bonds. The molecule has 0 spiro atoms. The van der Waals surface area contributed by atoms with Gasteiger partial charge in [-0.25, -0.2) is 4.39 Å². The van der Waals surface area contributed by atoms with Crippen molar-refractivity contribution in [3.63, 3.8) is 0 Å². The molecule has 0 fully saturated rings. The summed E-state index contributed by atoms with van der Waals surface area (Å²) in [5.41, 5.74) is 0.997. The Bertz CT molecular complexity index is 1010. The predicted octanol–water partition coefficient (Wildman–Crippen LogP) is 3.43. The Morgan fingerprint density at radius 2 is 1.96 bits per heavy atom. The standard InChI is InChI=1S/C21H21FN2O3/c1-27-19-8-3-2-6-14(19)7-4-5-11-23-20(25)17-12-15-9-10-16(22)13-18(15)24-21(17)26/h2-3,6,8-10,12-13H,4-5,7,11H2,1H3,(H,23,25)(H,24,26). The number of fused-ring (bicyclic) bond motifs is 1. The van der Waals surface area contributed by atoms with Crippen LogP contribution < -0.4 is 15.6 Å². The molecule has 0 radical (unpaired) electrons. The molecular weight excluding hydrogens is 347 g/mol. The number of rotatable bonds is 7. The number of para-hydroxylation sites is 1. The molecule has 1 heterocycles. The highest BCUT2D eigenvalue weighted by molar-refractivity contribution is 5.97. The molecule has 0 bridgehead atoms. The number of benzene rings is 2. The van der Waals surface area contributed by atoms with E-state index in [9.17, 15) is 14.0 Å². The van der Waals surface area contributed by atoms with Gasteiger partial charge < -0.3 is 15.0 Å². The number of H-pyrrole nitrogens is 1. The number of halogens is 1. The average Bonchev–Trinajstić information content (AvgIpc) is 2.67. The number of pyridine rings is 1. The summed E-state index contributed by atoms with van der Waals surface area (Å²) in [4.78, 5) is 26.9. The van der Waals surface area contributed by atoms with E-state index in [0.717, 1.165) is 30.6 Å². The quantitative estimate of drug-likeness (QED) is 0.628. The summed E-state index contributed by atoms with van der Waals surface area (Å²) >= 11 is 0. The van der Waals surface area contributed by atoms with Gasteiger partial charge in [0.25, 0.3) is 11.5 Å². The van der Waals surface area contributed by atoms with Gasteiger partial charge in [-0.05, 0) is 60.5 Å². The number of unbranched alkanes of at least 4 members (excludes halogenated alkanes) is 1. The molecule has 0 aliphatic carbocycles. The summed E-state index contributed by atoms with van der Waals surface area (Å²) < 4.78 is 18.6. The Hall–Kier alpha value is -3.15. The maximum atomic E-state index is 13.2. The molecule has 0 aliphatic rings. The molecule has 1 aromatic heterocycles. The smallest absolute Gasteiger partial charge is 0.261 e. The van der Waals surface area contributed by atoms with Crippen molar-refractivity contribution < 1.29 is 13.9 Å². The number of nitrogens with one attached hydrogen (secondary N) is 2. The molecule has 0 aliphatic heterocycles. The summed E-state index contributed by atoms with van der Waals surface area (Å²) in [5, 5.41) is 3.38. The van der Waals surface area contributed by atoms with E-state index in [2.05, 4.69) is 10.3 Å². The van der Waals surface area contributed by atoms with Gasteiger partial charge in [0.05, 0.1) is 12.6 Å². The normalized spacial score (nSPS) is 10.7. The number of hydrogen-bond donors (Lipinski definition) is 2. The number of amides is 1. The van der Waals surface area contributed by atoms with Crippen molar-refractivity contribution in [2.45, 2.75) is 19.3 Å². The molecule has 6 heteroatoms. The van der Waals surface area contributed by atoms with Crippen LogP contribution in [0.2, 0.25) is 0 Å². The molecular formula is C21H21FN2O3. The lowest BCUT2D eigenvalue weighted by molar-refractivity contribution is 0.0951. The van der Waals surface area contributed by atoms with Crippen LogP contribution in [-0.4, -0.2) is 24.5 Å². The first-order chi connectivity index (χ1) is 13.1. The lowest BCUT2D eigenvalue weighted by Gasteiger charge is -2.08. The van der Waals surface area contributed by atoms with Gasteiger partial charge >= 0.3 is 0 Å². The number of hydrogen-bond acceptors (Lipinski definition) is 3. The second-order valence-corrected chi connectivity index (χ2v) is 6.27. The van der Waals surface area contributed by atoms with Gasteiger partial charge in [0.2, 0.25) is 0 Å². The van der Waals surface area contributed by atoms with E-state index in [1.54, 1.807) is 7.11 Å². The summed E-state index contributed by atoms with van der Waals surface area (Å²) in [6, 6.07) is 13.4. The maximum absolute atomic E-state index is 13.2. The Morgan fingerprint density at radius 3 is 2.78 bits per heavy atom. The minimum atomic E-state index is -0.528. The van der Waals surface area contributed by atoms with Crippen molar-refractivity contribution in [2.24, 2.45) is 0 Å². The van der Waals surface area contributed by atoms with Crippen molar-refractivity contribution in [3.8, 4) is 5.75 Å². The zero-order chi connectivity index (χ0) is 19.2. The number of ether oxygens (including phenoxy) is 1. The maximum Gasteiger partial charge on any atom is 0.261 e. The third kappa shape index (κ3) is 4.53. The first kappa shape index (κ1) is 18.6. The van der Waals surface area contributed by atoms with E-state index in [1.807, 2.05) is 24.3 Å². The van der Waals surface area contributed by atoms with Crippen molar-refractivity contribution in [1.29, 1.82) is 0 Å². The highest BCUT2D eigenvalue weighted by Gasteiger charge is 2.11. The number of carbonyl (C=O) groups is 1. The topological polar surface area (TPSA) is 71.2 Å². The van der Waals surface area contributed by atoms with Crippen molar-refractivity contribution in [2.75, 3.05) is 13.7 Å². The minimum absolute atomic E-state index is 0.0267. The van der Waals surface area contributed by atoms with Gasteiger partial charge in [-0.3, -0.25) is 9.59 Å². The van der Waals surface area contributed by atoms with Crippen LogP contribution in [0.25, 0.3) is 10.9 Å². The zero-order valence-corrected chi connectivity index (χ0v) is 15.0. The monoisotopic (exact) mass is 368 g/mol. The van der Waals surface area contributed by atoms with Gasteiger partial charge in [-0.2, -0.15) is 0 Å². The van der Waals surface area contributed by atoms with Gasteiger partial charge in [0.1, 0.15) is 17.1 Å². The second kappa shape index (κ2) is 8.49. The Labute approximate surface area is 156 Å². The zero-order valence-electron chi connectivity index (χ0n) is 15.0. The number of methoxy groups -OCH3 is 1. The van der Waals surface area contributed by atoms with Crippen LogP contribution in [0.1, 0.15) is 28.8 Å². The highest BCUT2D eigenvalue weighted by atomic mass is 19.1. The van der Waals surface area contributed by atoms with E-state index < -0.39 is 17.3 Å². The van der Waals surface area contributed by atoms with E-state index in [0.29, 0.717) is 17.4 Å². The number of aromatic nitrogens is 1. The molecule has 2 N–H and O–H groups in total. The van der Waals surface area contributed by atoms with Crippen LogP contribution in [0.15, 0.2) is 53.3 Å².